The van der Waals surface area contributed by atoms with Gasteiger partial charge in [0.15, 0.2) is 5.75 Å². The molecule has 0 spiro atoms. The average Bonchev–Trinajstić information content (AvgIpc) is 2.30. The van der Waals surface area contributed by atoms with Gasteiger partial charge in [-0.3, -0.25) is 4.79 Å². The Bertz CT molecular complexity index is 447. The number of hydrogen-bond acceptors (Lipinski definition) is 5. The predicted molar refractivity (Wildman–Crippen MR) is 77.5 cm³/mol. The molecule has 0 atom stereocenters. The molecule has 5 N–H and O–H groups in total. The van der Waals surface area contributed by atoms with E-state index in [1.54, 1.807) is 26.8 Å². The molecule has 1 aromatic rings. The van der Waals surface area contributed by atoms with Gasteiger partial charge in [0.25, 0.3) is 5.91 Å². The number of amides is 1. The van der Waals surface area contributed by atoms with Crippen LogP contribution in [0.25, 0.3) is 0 Å². The smallest absolute Gasteiger partial charge is 0.255 e. The van der Waals surface area contributed by atoms with Gasteiger partial charge in [0.05, 0.1) is 16.9 Å². The van der Waals surface area contributed by atoms with E-state index in [1.165, 1.54) is 12.1 Å². The topological polar surface area (TPSA) is 113 Å². The van der Waals surface area contributed by atoms with E-state index in [-0.39, 0.29) is 30.0 Å². The van der Waals surface area contributed by atoms with E-state index in [0.29, 0.717) is 6.29 Å². The van der Waals surface area contributed by atoms with Crippen molar-refractivity contribution < 1.29 is 19.8 Å². The highest BCUT2D eigenvalue weighted by Gasteiger charge is 2.11. The molecule has 0 unspecified atom stereocenters. The Balaban J connectivity index is 0.000000621. The van der Waals surface area contributed by atoms with Crippen LogP contribution in [0.15, 0.2) is 18.2 Å². The second-order valence-electron chi connectivity index (χ2n) is 5.13. The summed E-state index contributed by atoms with van der Waals surface area (Å²) in [6.45, 7) is 5.48. The number of carbonyl (C=O) groups is 2. The molecule has 0 aliphatic heterocycles. The molecule has 1 aromatic carbocycles. The largest absolute Gasteiger partial charge is 0.505 e. The van der Waals surface area contributed by atoms with Gasteiger partial charge >= 0.3 is 0 Å². The molecular formula is C14H22N2O4. The van der Waals surface area contributed by atoms with E-state index in [4.69, 9.17) is 10.8 Å². The Morgan fingerprint density at radius 3 is 2.45 bits per heavy atom. The zero-order valence-electron chi connectivity index (χ0n) is 12.0. The standard InChI is InChI=1S/C10H12N2O3.C4H10O/c11-8-4-1-3-7(9(8)14)10(15)12-5-2-6-13;1-4(2,3)5/h1,3-4,6,14H,2,5,11H2,(H,12,15);5H,1-3H3. The van der Waals surface area contributed by atoms with Crippen molar-refractivity contribution in [3.8, 4) is 5.75 Å². The van der Waals surface area contributed by atoms with E-state index in [0.717, 1.165) is 0 Å². The molecule has 112 valence electrons. The van der Waals surface area contributed by atoms with Gasteiger partial charge in [-0.2, -0.15) is 0 Å². The molecule has 20 heavy (non-hydrogen) atoms. The molecule has 0 radical (unpaired) electrons. The lowest BCUT2D eigenvalue weighted by Crippen LogP contribution is -2.24. The number of aliphatic hydroxyl groups is 1. The number of phenols is 1. The summed E-state index contributed by atoms with van der Waals surface area (Å²) in [6, 6.07) is 4.53. The molecule has 0 heterocycles. The number of aromatic hydroxyl groups is 1. The van der Waals surface area contributed by atoms with Gasteiger partial charge in [-0.25, -0.2) is 0 Å². The van der Waals surface area contributed by atoms with Crippen LogP contribution in [0.1, 0.15) is 37.6 Å². The Labute approximate surface area is 118 Å². The number of benzene rings is 1. The Hall–Kier alpha value is -2.08. The van der Waals surface area contributed by atoms with Crippen LogP contribution >= 0.6 is 0 Å². The van der Waals surface area contributed by atoms with E-state index in [2.05, 4.69) is 5.32 Å². The predicted octanol–water partition coefficient (Wildman–Crippen LogP) is 1.07. The summed E-state index contributed by atoms with van der Waals surface area (Å²) >= 11 is 0. The summed E-state index contributed by atoms with van der Waals surface area (Å²) in [7, 11) is 0. The molecule has 0 aromatic heterocycles. The number of hydrogen-bond donors (Lipinski definition) is 4. The van der Waals surface area contributed by atoms with Crippen molar-refractivity contribution in [2.45, 2.75) is 32.8 Å². The fraction of sp³-hybridized carbons (Fsp3) is 0.429. The van der Waals surface area contributed by atoms with Gasteiger partial charge in [0, 0.05) is 13.0 Å². The van der Waals surface area contributed by atoms with Crippen molar-refractivity contribution in [2.75, 3.05) is 12.3 Å². The second-order valence-corrected chi connectivity index (χ2v) is 5.13. The first kappa shape index (κ1) is 17.9. The van der Waals surface area contributed by atoms with Crippen molar-refractivity contribution in [1.29, 1.82) is 0 Å². The maximum Gasteiger partial charge on any atom is 0.255 e. The number of phenolic OH excluding ortho intramolecular Hbond substituents is 1. The number of para-hydroxylation sites is 1. The molecule has 0 bridgehead atoms. The van der Waals surface area contributed by atoms with E-state index >= 15 is 0 Å². The fourth-order valence-electron chi connectivity index (χ4n) is 1.08. The third kappa shape index (κ3) is 8.10. The second kappa shape index (κ2) is 8.16. The lowest BCUT2D eigenvalue weighted by molar-refractivity contribution is -0.107. The van der Waals surface area contributed by atoms with Crippen molar-refractivity contribution in [2.24, 2.45) is 0 Å². The van der Waals surface area contributed by atoms with Crippen molar-refractivity contribution in [3.05, 3.63) is 23.8 Å². The number of carbonyl (C=O) groups excluding carboxylic acids is 2. The summed E-state index contributed by atoms with van der Waals surface area (Å²) in [5.74, 6) is -0.678. The first-order valence-electron chi connectivity index (χ1n) is 6.18. The van der Waals surface area contributed by atoms with Crippen LogP contribution in [-0.2, 0) is 4.79 Å². The number of rotatable bonds is 4. The molecule has 0 aliphatic carbocycles. The van der Waals surface area contributed by atoms with Crippen LogP contribution in [-0.4, -0.2) is 34.6 Å². The summed E-state index contributed by atoms with van der Waals surface area (Å²) in [5, 5.41) is 20.5. The molecule has 6 nitrogen and oxygen atoms in total. The number of nitrogen functional groups attached to an aromatic ring is 1. The number of nitrogens with two attached hydrogens (primary N) is 1. The third-order valence-electron chi connectivity index (χ3n) is 1.86. The SMILES string of the molecule is CC(C)(C)O.Nc1cccc(C(=O)NCCC=O)c1O. The van der Waals surface area contributed by atoms with Crippen molar-refractivity contribution >= 4 is 17.9 Å². The first-order chi connectivity index (χ1) is 9.16. The molecule has 0 aliphatic rings. The third-order valence-corrected chi connectivity index (χ3v) is 1.86. The molecular weight excluding hydrogens is 260 g/mol. The number of anilines is 1. The van der Waals surface area contributed by atoms with E-state index < -0.39 is 11.5 Å². The lowest BCUT2D eigenvalue weighted by Gasteiger charge is -2.06. The number of aldehydes is 1. The Morgan fingerprint density at radius 1 is 1.40 bits per heavy atom. The van der Waals surface area contributed by atoms with Gasteiger partial charge in [0.2, 0.25) is 0 Å². The summed E-state index contributed by atoms with van der Waals surface area (Å²) in [5.41, 5.74) is 5.19. The van der Waals surface area contributed by atoms with Crippen molar-refractivity contribution in [3.63, 3.8) is 0 Å². The number of nitrogens with one attached hydrogen (secondary N) is 1. The molecule has 0 saturated heterocycles. The summed E-state index contributed by atoms with van der Waals surface area (Å²) in [4.78, 5) is 21.5. The maximum atomic E-state index is 11.4. The normalized spacial score (nSPS) is 10.2. The summed E-state index contributed by atoms with van der Waals surface area (Å²) < 4.78 is 0. The quantitative estimate of drug-likeness (QED) is 0.285. The highest BCUT2D eigenvalue weighted by molar-refractivity contribution is 5.98. The molecule has 0 saturated carbocycles. The van der Waals surface area contributed by atoms with Gasteiger partial charge < -0.3 is 26.1 Å². The van der Waals surface area contributed by atoms with Crippen LogP contribution in [0.4, 0.5) is 5.69 Å². The highest BCUT2D eigenvalue weighted by atomic mass is 16.3. The zero-order valence-corrected chi connectivity index (χ0v) is 12.0. The van der Waals surface area contributed by atoms with Gasteiger partial charge in [0.1, 0.15) is 6.29 Å². The molecule has 1 rings (SSSR count). The molecule has 0 fully saturated rings. The fourth-order valence-corrected chi connectivity index (χ4v) is 1.08. The van der Waals surface area contributed by atoms with Gasteiger partial charge in [-0.15, -0.1) is 0 Å². The van der Waals surface area contributed by atoms with Crippen molar-refractivity contribution in [1.82, 2.24) is 5.32 Å². The van der Waals surface area contributed by atoms with Crippen LogP contribution in [0, 0.1) is 0 Å². The van der Waals surface area contributed by atoms with Crippen LogP contribution in [0.5, 0.6) is 5.75 Å². The summed E-state index contributed by atoms with van der Waals surface area (Å²) in [6.07, 6.45) is 0.953. The zero-order chi connectivity index (χ0) is 15.8. The molecule has 1 amide bonds. The minimum absolute atomic E-state index is 0.112. The monoisotopic (exact) mass is 282 g/mol. The van der Waals surface area contributed by atoms with Crippen LogP contribution < -0.4 is 11.1 Å². The van der Waals surface area contributed by atoms with E-state index in [1.807, 2.05) is 0 Å². The average molecular weight is 282 g/mol. The van der Waals surface area contributed by atoms with Crippen LogP contribution in [0.3, 0.4) is 0 Å². The Morgan fingerprint density at radius 2 is 1.95 bits per heavy atom. The first-order valence-corrected chi connectivity index (χ1v) is 6.18. The van der Waals surface area contributed by atoms with E-state index in [9.17, 15) is 14.7 Å². The maximum absolute atomic E-state index is 11.4. The highest BCUT2D eigenvalue weighted by Crippen LogP contribution is 2.23. The van der Waals surface area contributed by atoms with Gasteiger partial charge in [-0.1, -0.05) is 6.07 Å². The van der Waals surface area contributed by atoms with Crippen LogP contribution in [0.2, 0.25) is 0 Å². The minimum atomic E-state index is -0.500. The Kier molecular flexibility index (Phi) is 7.31. The molecule has 6 heteroatoms. The minimum Gasteiger partial charge on any atom is -0.505 e. The van der Waals surface area contributed by atoms with Gasteiger partial charge in [-0.05, 0) is 32.9 Å². The lowest BCUT2D eigenvalue weighted by atomic mass is 10.1.